The number of carbonyl (C=O) groups excluding carboxylic acids is 1. The van der Waals surface area contributed by atoms with E-state index in [9.17, 15) is 13.2 Å². The second kappa shape index (κ2) is 10.1. The largest absolute Gasteiger partial charge is 0.379 e. The van der Waals surface area contributed by atoms with E-state index in [1.54, 1.807) is 36.0 Å². The lowest BCUT2D eigenvalue weighted by Gasteiger charge is -2.26. The van der Waals surface area contributed by atoms with E-state index >= 15 is 0 Å². The SMILES string of the molecule is O=C(Nc1cccc(S(=O)(=O)N2CCOCC2)c1)c1ccccc1SC[C@H]1CCCO1. The van der Waals surface area contributed by atoms with Gasteiger partial charge in [-0.25, -0.2) is 8.42 Å². The average molecular weight is 463 g/mol. The summed E-state index contributed by atoms with van der Waals surface area (Å²) in [7, 11) is -3.63. The highest BCUT2D eigenvalue weighted by Gasteiger charge is 2.26. The zero-order valence-electron chi connectivity index (χ0n) is 17.2. The van der Waals surface area contributed by atoms with Crippen molar-refractivity contribution in [2.45, 2.75) is 28.7 Å². The van der Waals surface area contributed by atoms with E-state index in [0.29, 0.717) is 37.6 Å². The highest BCUT2D eigenvalue weighted by atomic mass is 32.2. The predicted molar refractivity (Wildman–Crippen MR) is 120 cm³/mol. The zero-order valence-corrected chi connectivity index (χ0v) is 18.8. The molecule has 0 aliphatic carbocycles. The number of nitrogens with one attached hydrogen (secondary N) is 1. The Bertz CT molecular complexity index is 1020. The quantitative estimate of drug-likeness (QED) is 0.636. The molecule has 0 saturated carbocycles. The van der Waals surface area contributed by atoms with E-state index in [0.717, 1.165) is 30.1 Å². The maximum absolute atomic E-state index is 13.0. The summed E-state index contributed by atoms with van der Waals surface area (Å²) < 4.78 is 38.1. The lowest BCUT2D eigenvalue weighted by Crippen LogP contribution is -2.40. The Hall–Kier alpha value is -1.91. The van der Waals surface area contributed by atoms with Gasteiger partial charge in [-0.05, 0) is 43.2 Å². The van der Waals surface area contributed by atoms with Crippen LogP contribution in [0.15, 0.2) is 58.3 Å². The van der Waals surface area contributed by atoms with Gasteiger partial charge in [0.05, 0.1) is 29.8 Å². The van der Waals surface area contributed by atoms with Gasteiger partial charge in [-0.2, -0.15) is 4.31 Å². The van der Waals surface area contributed by atoms with Crippen molar-refractivity contribution in [3.63, 3.8) is 0 Å². The average Bonchev–Trinajstić information content (AvgIpc) is 3.32. The molecule has 0 radical (unpaired) electrons. The third kappa shape index (κ3) is 5.48. The first kappa shape index (κ1) is 22.3. The summed E-state index contributed by atoms with van der Waals surface area (Å²) in [5.74, 6) is 0.536. The van der Waals surface area contributed by atoms with Crippen LogP contribution in [0.5, 0.6) is 0 Å². The summed E-state index contributed by atoms with van der Waals surface area (Å²) in [5, 5.41) is 2.85. The van der Waals surface area contributed by atoms with Gasteiger partial charge in [0, 0.05) is 36.0 Å². The monoisotopic (exact) mass is 462 g/mol. The van der Waals surface area contributed by atoms with E-state index < -0.39 is 10.0 Å². The molecule has 9 heteroatoms. The van der Waals surface area contributed by atoms with Crippen LogP contribution in [0.25, 0.3) is 0 Å². The second-order valence-corrected chi connectivity index (χ2v) is 10.4. The van der Waals surface area contributed by atoms with Crippen molar-refractivity contribution in [2.75, 3.05) is 44.0 Å². The van der Waals surface area contributed by atoms with E-state index in [1.807, 2.05) is 18.2 Å². The fourth-order valence-electron chi connectivity index (χ4n) is 3.61. The first-order valence-corrected chi connectivity index (χ1v) is 12.8. The molecule has 7 nitrogen and oxygen atoms in total. The number of amides is 1. The van der Waals surface area contributed by atoms with E-state index in [4.69, 9.17) is 9.47 Å². The Morgan fingerprint density at radius 3 is 2.68 bits per heavy atom. The Morgan fingerprint density at radius 1 is 1.10 bits per heavy atom. The molecule has 0 unspecified atom stereocenters. The molecule has 4 rings (SSSR count). The van der Waals surface area contributed by atoms with Crippen LogP contribution < -0.4 is 5.32 Å². The van der Waals surface area contributed by atoms with E-state index in [-0.39, 0.29) is 16.9 Å². The van der Waals surface area contributed by atoms with Crippen molar-refractivity contribution in [1.29, 1.82) is 0 Å². The summed E-state index contributed by atoms with van der Waals surface area (Å²) in [4.78, 5) is 14.0. The Balaban J connectivity index is 1.47. The van der Waals surface area contributed by atoms with Gasteiger partial charge in [0.2, 0.25) is 10.0 Å². The zero-order chi connectivity index (χ0) is 21.7. The summed E-state index contributed by atoms with van der Waals surface area (Å²) >= 11 is 1.61. The minimum Gasteiger partial charge on any atom is -0.379 e. The van der Waals surface area contributed by atoms with Gasteiger partial charge in [0.15, 0.2) is 0 Å². The topological polar surface area (TPSA) is 84.9 Å². The molecule has 2 heterocycles. The smallest absolute Gasteiger partial charge is 0.256 e. The summed E-state index contributed by atoms with van der Waals surface area (Å²) in [6.45, 7) is 2.23. The standard InChI is InChI=1S/C22H26N2O5S2/c25-22(20-8-1-2-9-21(20)30-16-18-6-4-12-29-18)23-17-5-3-7-19(15-17)31(26,27)24-10-13-28-14-11-24/h1-3,5,7-9,15,18H,4,6,10-14,16H2,(H,23,25)/t18-/m1/s1. The van der Waals surface area contributed by atoms with Crippen molar-refractivity contribution in [2.24, 2.45) is 0 Å². The van der Waals surface area contributed by atoms with E-state index in [2.05, 4.69) is 5.32 Å². The van der Waals surface area contributed by atoms with Crippen LogP contribution in [0.2, 0.25) is 0 Å². The number of ether oxygens (including phenoxy) is 2. The Morgan fingerprint density at radius 2 is 1.90 bits per heavy atom. The highest BCUT2D eigenvalue weighted by molar-refractivity contribution is 7.99. The molecule has 166 valence electrons. The van der Waals surface area contributed by atoms with Gasteiger partial charge in [-0.3, -0.25) is 4.79 Å². The maximum atomic E-state index is 13.0. The molecule has 0 bridgehead atoms. The molecule has 2 aliphatic heterocycles. The molecule has 2 fully saturated rings. The molecule has 1 atom stereocenters. The molecule has 2 aromatic rings. The molecular weight excluding hydrogens is 436 g/mol. The van der Waals surface area contributed by atoms with Crippen LogP contribution in [-0.2, 0) is 19.5 Å². The van der Waals surface area contributed by atoms with Crippen LogP contribution >= 0.6 is 11.8 Å². The molecule has 0 spiro atoms. The van der Waals surface area contributed by atoms with Gasteiger partial charge >= 0.3 is 0 Å². The fourth-order valence-corrected chi connectivity index (χ4v) is 6.18. The summed E-state index contributed by atoms with van der Waals surface area (Å²) in [6, 6.07) is 13.8. The van der Waals surface area contributed by atoms with Crippen molar-refractivity contribution in [1.82, 2.24) is 4.31 Å². The molecule has 0 aromatic heterocycles. The fraction of sp³-hybridized carbons (Fsp3) is 0.409. The number of nitrogens with zero attached hydrogens (tertiary/aromatic N) is 1. The number of carbonyl (C=O) groups is 1. The molecular formula is C22H26N2O5S2. The van der Waals surface area contributed by atoms with E-state index in [1.165, 1.54) is 10.4 Å². The van der Waals surface area contributed by atoms with Gasteiger partial charge in [-0.1, -0.05) is 18.2 Å². The minimum absolute atomic E-state index is 0.160. The predicted octanol–water partition coefficient (Wildman–Crippen LogP) is 3.23. The lowest BCUT2D eigenvalue weighted by molar-refractivity contribution is 0.0730. The van der Waals surface area contributed by atoms with Gasteiger partial charge in [0.1, 0.15) is 0 Å². The van der Waals surface area contributed by atoms with Gasteiger partial charge in [0.25, 0.3) is 5.91 Å². The summed E-state index contributed by atoms with van der Waals surface area (Å²) in [5.41, 5.74) is 1.00. The number of thioether (sulfide) groups is 1. The Labute approximate surface area is 187 Å². The number of benzene rings is 2. The van der Waals surface area contributed by atoms with Crippen molar-refractivity contribution < 1.29 is 22.7 Å². The van der Waals surface area contributed by atoms with Crippen LogP contribution in [0, 0.1) is 0 Å². The highest BCUT2D eigenvalue weighted by Crippen LogP contribution is 2.28. The summed E-state index contributed by atoms with van der Waals surface area (Å²) in [6.07, 6.45) is 2.35. The maximum Gasteiger partial charge on any atom is 0.256 e. The van der Waals surface area contributed by atoms with Crippen molar-refractivity contribution >= 4 is 33.4 Å². The Kier molecular flexibility index (Phi) is 7.29. The van der Waals surface area contributed by atoms with Crippen LogP contribution in [-0.4, -0.2) is 63.4 Å². The molecule has 2 aliphatic rings. The first-order valence-electron chi connectivity index (χ1n) is 10.4. The third-order valence-electron chi connectivity index (χ3n) is 5.28. The number of anilines is 1. The van der Waals surface area contributed by atoms with Gasteiger partial charge < -0.3 is 14.8 Å². The molecule has 1 amide bonds. The van der Waals surface area contributed by atoms with Crippen molar-refractivity contribution in [3.05, 3.63) is 54.1 Å². The van der Waals surface area contributed by atoms with Gasteiger partial charge in [-0.15, -0.1) is 11.8 Å². The second-order valence-electron chi connectivity index (χ2n) is 7.44. The van der Waals surface area contributed by atoms with Crippen LogP contribution in [0.1, 0.15) is 23.2 Å². The van der Waals surface area contributed by atoms with Crippen molar-refractivity contribution in [3.8, 4) is 0 Å². The first-order chi connectivity index (χ1) is 15.0. The number of hydrogen-bond acceptors (Lipinski definition) is 6. The molecule has 2 aromatic carbocycles. The molecule has 1 N–H and O–H groups in total. The number of morpholine rings is 1. The molecule has 2 saturated heterocycles. The van der Waals surface area contributed by atoms with Crippen LogP contribution in [0.4, 0.5) is 5.69 Å². The molecule has 31 heavy (non-hydrogen) atoms. The third-order valence-corrected chi connectivity index (χ3v) is 8.38. The van der Waals surface area contributed by atoms with Crippen LogP contribution in [0.3, 0.4) is 0 Å². The lowest BCUT2D eigenvalue weighted by atomic mass is 10.2. The number of hydrogen-bond donors (Lipinski definition) is 1. The number of rotatable bonds is 7. The minimum atomic E-state index is -3.63. The normalized spacial score (nSPS) is 19.9. The number of sulfonamides is 1.